The Kier molecular flexibility index (Phi) is 7.23. The van der Waals surface area contributed by atoms with Crippen molar-refractivity contribution in [3.05, 3.63) is 23.2 Å². The smallest absolute Gasteiger partial charge is 0.242 e. The van der Waals surface area contributed by atoms with Crippen molar-refractivity contribution >= 4 is 34.0 Å². The van der Waals surface area contributed by atoms with Crippen LogP contribution >= 0.6 is 24.0 Å². The van der Waals surface area contributed by atoms with Crippen LogP contribution in [0.15, 0.2) is 23.1 Å². The molecule has 0 bridgehead atoms. The number of nitrogens with one attached hydrogen (secondary N) is 2. The molecule has 0 aliphatic carbocycles. The van der Waals surface area contributed by atoms with Gasteiger partial charge in [0.05, 0.1) is 12.1 Å². The molecule has 5 nitrogen and oxygen atoms in total. The van der Waals surface area contributed by atoms with Crippen molar-refractivity contribution in [3.8, 4) is 5.75 Å². The number of hydrogen-bond donors (Lipinski definition) is 2. The standard InChI is InChI=1S/C13H19ClN2O3S.ClH/c1-19-11-4-5-12(14)13(7-11)20(17,18)16-9-10-3-2-6-15-8-10;/h4-5,7,10,15-16H,2-3,6,8-9H2,1H3;1H. The zero-order valence-electron chi connectivity index (χ0n) is 11.8. The number of halogens is 2. The van der Waals surface area contributed by atoms with Gasteiger partial charge in [0.15, 0.2) is 0 Å². The predicted molar refractivity (Wildman–Crippen MR) is 86.0 cm³/mol. The summed E-state index contributed by atoms with van der Waals surface area (Å²) in [7, 11) is -2.13. The summed E-state index contributed by atoms with van der Waals surface area (Å²) in [5.74, 6) is 0.789. The molecule has 1 heterocycles. The van der Waals surface area contributed by atoms with Crippen LogP contribution in [0.3, 0.4) is 0 Å². The molecule has 0 radical (unpaired) electrons. The lowest BCUT2D eigenvalue weighted by molar-refractivity contribution is 0.375. The van der Waals surface area contributed by atoms with Crippen LogP contribution in [-0.4, -0.2) is 35.2 Å². The van der Waals surface area contributed by atoms with Gasteiger partial charge in [-0.1, -0.05) is 11.6 Å². The molecule has 2 rings (SSSR count). The van der Waals surface area contributed by atoms with Crippen LogP contribution in [-0.2, 0) is 10.0 Å². The quantitative estimate of drug-likeness (QED) is 0.848. The predicted octanol–water partition coefficient (Wildman–Crippen LogP) is 2.05. The molecule has 1 saturated heterocycles. The molecule has 21 heavy (non-hydrogen) atoms. The summed E-state index contributed by atoms with van der Waals surface area (Å²) in [6.45, 7) is 2.27. The number of ether oxygens (including phenoxy) is 1. The maximum atomic E-state index is 12.3. The van der Waals surface area contributed by atoms with Gasteiger partial charge in [0.2, 0.25) is 10.0 Å². The van der Waals surface area contributed by atoms with Crippen molar-refractivity contribution in [3.63, 3.8) is 0 Å². The van der Waals surface area contributed by atoms with Crippen LogP contribution in [0.2, 0.25) is 5.02 Å². The summed E-state index contributed by atoms with van der Waals surface area (Å²) in [6, 6.07) is 4.59. The first kappa shape index (κ1) is 18.5. The van der Waals surface area contributed by atoms with E-state index < -0.39 is 10.0 Å². The topological polar surface area (TPSA) is 67.4 Å². The molecule has 1 aliphatic heterocycles. The third-order valence-corrected chi connectivity index (χ3v) is 5.29. The second kappa shape index (κ2) is 8.19. The highest BCUT2D eigenvalue weighted by Crippen LogP contribution is 2.26. The second-order valence-corrected chi connectivity index (χ2v) is 7.00. The summed E-state index contributed by atoms with van der Waals surface area (Å²) in [4.78, 5) is 0.0577. The van der Waals surface area contributed by atoms with E-state index >= 15 is 0 Å². The zero-order valence-corrected chi connectivity index (χ0v) is 14.2. The number of benzene rings is 1. The summed E-state index contributed by atoms with van der Waals surface area (Å²) in [5.41, 5.74) is 0. The monoisotopic (exact) mass is 354 g/mol. The van der Waals surface area contributed by atoms with Crippen molar-refractivity contribution in [1.29, 1.82) is 0 Å². The first-order valence-electron chi connectivity index (χ1n) is 6.57. The largest absolute Gasteiger partial charge is 0.497 e. The molecule has 0 aromatic heterocycles. The van der Waals surface area contributed by atoms with Gasteiger partial charge >= 0.3 is 0 Å². The first-order valence-corrected chi connectivity index (χ1v) is 8.43. The highest BCUT2D eigenvalue weighted by molar-refractivity contribution is 7.89. The summed E-state index contributed by atoms with van der Waals surface area (Å²) >= 11 is 5.97. The number of sulfonamides is 1. The van der Waals surface area contributed by atoms with E-state index in [4.69, 9.17) is 16.3 Å². The van der Waals surface area contributed by atoms with Gasteiger partial charge in [-0.05, 0) is 44.0 Å². The Labute approximate surface area is 136 Å². The molecule has 1 atom stereocenters. The molecule has 8 heteroatoms. The zero-order chi connectivity index (χ0) is 14.6. The highest BCUT2D eigenvalue weighted by Gasteiger charge is 2.21. The summed E-state index contributed by atoms with van der Waals surface area (Å²) < 4.78 is 32.3. The maximum absolute atomic E-state index is 12.3. The molecule has 1 aromatic carbocycles. The third-order valence-electron chi connectivity index (χ3n) is 3.39. The molecule has 1 aromatic rings. The highest BCUT2D eigenvalue weighted by atomic mass is 35.5. The Hall–Kier alpha value is -0.530. The van der Waals surface area contributed by atoms with E-state index in [9.17, 15) is 8.42 Å². The van der Waals surface area contributed by atoms with Gasteiger partial charge in [-0.15, -0.1) is 12.4 Å². The number of hydrogen-bond acceptors (Lipinski definition) is 4. The minimum atomic E-state index is -3.61. The second-order valence-electron chi connectivity index (χ2n) is 4.86. The van der Waals surface area contributed by atoms with Crippen LogP contribution < -0.4 is 14.8 Å². The van der Waals surface area contributed by atoms with E-state index in [1.165, 1.54) is 19.2 Å². The Morgan fingerprint density at radius 2 is 2.24 bits per heavy atom. The molecule has 1 aliphatic rings. The molecule has 0 amide bonds. The molecule has 120 valence electrons. The van der Waals surface area contributed by atoms with E-state index in [2.05, 4.69) is 10.0 Å². The van der Waals surface area contributed by atoms with Gasteiger partial charge in [-0.25, -0.2) is 13.1 Å². The molecule has 1 fully saturated rings. The minimum absolute atomic E-state index is 0. The SMILES string of the molecule is COc1ccc(Cl)c(S(=O)(=O)NCC2CCCNC2)c1.Cl. The molecule has 0 saturated carbocycles. The normalized spacial score (nSPS) is 18.9. The Bertz CT molecular complexity index is 561. The molecule has 2 N–H and O–H groups in total. The van der Waals surface area contributed by atoms with Crippen molar-refractivity contribution in [2.75, 3.05) is 26.7 Å². The van der Waals surface area contributed by atoms with Crippen molar-refractivity contribution in [1.82, 2.24) is 10.0 Å². The van der Waals surface area contributed by atoms with Gasteiger partial charge in [0.25, 0.3) is 0 Å². The van der Waals surface area contributed by atoms with E-state index in [1.54, 1.807) is 6.07 Å². The first-order chi connectivity index (χ1) is 9.53. The lowest BCUT2D eigenvalue weighted by Crippen LogP contribution is -2.38. The minimum Gasteiger partial charge on any atom is -0.497 e. The van der Waals surface area contributed by atoms with Crippen LogP contribution in [0, 0.1) is 5.92 Å². The Morgan fingerprint density at radius 3 is 2.86 bits per heavy atom. The van der Waals surface area contributed by atoms with Gasteiger partial charge in [-0.2, -0.15) is 0 Å². The fourth-order valence-corrected chi connectivity index (χ4v) is 3.85. The van der Waals surface area contributed by atoms with Gasteiger partial charge in [0, 0.05) is 12.6 Å². The number of rotatable bonds is 5. The van der Waals surface area contributed by atoms with Crippen molar-refractivity contribution in [2.24, 2.45) is 5.92 Å². The lowest BCUT2D eigenvalue weighted by atomic mass is 10.0. The fraction of sp³-hybridized carbons (Fsp3) is 0.538. The number of methoxy groups -OCH3 is 1. The van der Waals surface area contributed by atoms with E-state index in [0.29, 0.717) is 18.2 Å². The Morgan fingerprint density at radius 1 is 1.48 bits per heavy atom. The van der Waals surface area contributed by atoms with Crippen molar-refractivity contribution in [2.45, 2.75) is 17.7 Å². The van der Waals surface area contributed by atoms with Gasteiger partial charge in [-0.3, -0.25) is 0 Å². The summed E-state index contributed by atoms with van der Waals surface area (Å²) in [5, 5.41) is 3.45. The molecular weight excluding hydrogens is 335 g/mol. The van der Waals surface area contributed by atoms with Gasteiger partial charge in [0.1, 0.15) is 10.6 Å². The van der Waals surface area contributed by atoms with Crippen molar-refractivity contribution < 1.29 is 13.2 Å². The molecule has 0 spiro atoms. The lowest BCUT2D eigenvalue weighted by Gasteiger charge is -2.23. The third kappa shape index (κ3) is 5.00. The Balaban J connectivity index is 0.00000220. The van der Waals surface area contributed by atoms with E-state index in [0.717, 1.165) is 25.9 Å². The van der Waals surface area contributed by atoms with Gasteiger partial charge < -0.3 is 10.1 Å². The van der Waals surface area contributed by atoms with Crippen LogP contribution in [0.25, 0.3) is 0 Å². The van der Waals surface area contributed by atoms with Crippen LogP contribution in [0.5, 0.6) is 5.75 Å². The number of piperidine rings is 1. The van der Waals surface area contributed by atoms with Crippen LogP contribution in [0.4, 0.5) is 0 Å². The average molecular weight is 355 g/mol. The maximum Gasteiger partial charge on any atom is 0.242 e. The van der Waals surface area contributed by atoms with Crippen LogP contribution in [0.1, 0.15) is 12.8 Å². The molecular formula is C13H20Cl2N2O3S. The van der Waals surface area contributed by atoms with E-state index in [1.807, 2.05) is 0 Å². The molecule has 1 unspecified atom stereocenters. The fourth-order valence-electron chi connectivity index (χ4n) is 2.22. The summed E-state index contributed by atoms with van der Waals surface area (Å²) in [6.07, 6.45) is 2.10. The van der Waals surface area contributed by atoms with E-state index in [-0.39, 0.29) is 22.3 Å². The average Bonchev–Trinajstić information content (AvgIpc) is 2.47.